The highest BCUT2D eigenvalue weighted by molar-refractivity contribution is 5.76. The molecule has 486 valence electrons. The van der Waals surface area contributed by atoms with Crippen LogP contribution in [0.5, 0.6) is 0 Å². The van der Waals surface area contributed by atoms with Gasteiger partial charge in [0.15, 0.2) is 18.9 Å². The molecule has 0 aromatic rings. The number of rotatable bonds is 51. The van der Waals surface area contributed by atoms with Crippen molar-refractivity contribution in [3.63, 3.8) is 0 Å². The molecule has 3 fully saturated rings. The molecule has 82 heavy (non-hydrogen) atoms. The lowest BCUT2D eigenvalue weighted by atomic mass is 9.96. The van der Waals surface area contributed by atoms with Gasteiger partial charge in [0.1, 0.15) is 73.2 Å². The van der Waals surface area contributed by atoms with Crippen LogP contribution < -0.4 is 5.32 Å². The summed E-state index contributed by atoms with van der Waals surface area (Å²) in [6.45, 7) is 1.78. The van der Waals surface area contributed by atoms with Crippen LogP contribution in [0.15, 0.2) is 0 Å². The standard InChI is InChI=1S/C63H121NO18/c1-3-5-7-9-11-13-14-15-16-17-18-19-20-21-22-23-24-25-26-27-28-29-30-31-32-33-34-36-38-40-47(68)46(64-51(69)41-39-37-35-12-10-8-6-4-2)45-77-61-57(75)54(72)59(49(43-66)79-61)82-63-58(76)55(73)60(50(44-67)80-63)81-62-56(74)53(71)52(70)48(42-65)78-62/h46-50,52-63,65-68,70-76H,3-45H2,1-2H3,(H,64,69). The molecule has 19 nitrogen and oxygen atoms in total. The highest BCUT2D eigenvalue weighted by Gasteiger charge is 2.53. The normalized spacial score (nSPS) is 29.5. The lowest BCUT2D eigenvalue weighted by Crippen LogP contribution is -2.66. The first kappa shape index (κ1) is 75.0. The number of carbonyl (C=O) groups is 1. The maximum absolute atomic E-state index is 13.2. The first-order chi connectivity index (χ1) is 39.8. The Kier molecular flexibility index (Phi) is 42.9. The van der Waals surface area contributed by atoms with Crippen LogP contribution in [0.3, 0.4) is 0 Å². The van der Waals surface area contributed by atoms with E-state index in [1.54, 1.807) is 0 Å². The van der Waals surface area contributed by atoms with Crippen molar-refractivity contribution in [2.75, 3.05) is 26.4 Å². The number of carbonyl (C=O) groups excluding carboxylic acids is 1. The molecule has 1 amide bonds. The Bertz CT molecular complexity index is 1500. The largest absolute Gasteiger partial charge is 0.394 e. The number of unbranched alkanes of at least 4 members (excludes halogenated alkanes) is 35. The van der Waals surface area contributed by atoms with E-state index in [0.29, 0.717) is 12.8 Å². The molecule has 3 saturated heterocycles. The van der Waals surface area contributed by atoms with Crippen LogP contribution >= 0.6 is 0 Å². The van der Waals surface area contributed by atoms with Gasteiger partial charge in [-0.1, -0.05) is 245 Å². The fraction of sp³-hybridized carbons (Fsp3) is 0.984. The van der Waals surface area contributed by atoms with Gasteiger partial charge in [-0.25, -0.2) is 0 Å². The van der Waals surface area contributed by atoms with Gasteiger partial charge in [-0.3, -0.25) is 4.79 Å². The molecule has 12 N–H and O–H groups in total. The molecule has 19 heteroatoms. The average molecular weight is 1180 g/mol. The van der Waals surface area contributed by atoms with E-state index in [0.717, 1.165) is 44.9 Å². The second kappa shape index (κ2) is 46.9. The fourth-order valence-electron chi connectivity index (χ4n) is 11.7. The minimum Gasteiger partial charge on any atom is -0.394 e. The Morgan fingerprint density at radius 2 is 0.695 bits per heavy atom. The summed E-state index contributed by atoms with van der Waals surface area (Å²) in [5.74, 6) is -0.244. The summed E-state index contributed by atoms with van der Waals surface area (Å²) >= 11 is 0. The molecule has 0 aliphatic carbocycles. The van der Waals surface area contributed by atoms with Gasteiger partial charge in [0.25, 0.3) is 0 Å². The monoisotopic (exact) mass is 1180 g/mol. The first-order valence-corrected chi connectivity index (χ1v) is 33.3. The SMILES string of the molecule is CCCCCCCCCCCCCCCCCCCCCCCCCCCCCCCC(O)C(COC1OC(CO)C(OC2OC(CO)C(OC3OC(CO)C(O)C(O)C3O)C(O)C2O)C(O)C1O)NC(=O)CCCCCCCCCC. The third-order valence-electron chi connectivity index (χ3n) is 17.2. The third kappa shape index (κ3) is 29.7. The predicted octanol–water partition coefficient (Wildman–Crippen LogP) is 7.55. The van der Waals surface area contributed by atoms with E-state index in [1.807, 2.05) is 0 Å². The topological polar surface area (TPSA) is 307 Å². The molecule has 0 radical (unpaired) electrons. The summed E-state index contributed by atoms with van der Waals surface area (Å²) in [7, 11) is 0. The van der Waals surface area contributed by atoms with E-state index in [2.05, 4.69) is 19.2 Å². The van der Waals surface area contributed by atoms with Gasteiger partial charge in [0, 0.05) is 6.42 Å². The first-order valence-electron chi connectivity index (χ1n) is 33.3. The number of amides is 1. The van der Waals surface area contributed by atoms with E-state index in [4.69, 9.17) is 28.4 Å². The van der Waals surface area contributed by atoms with Gasteiger partial charge in [-0.05, 0) is 12.8 Å². The van der Waals surface area contributed by atoms with Crippen molar-refractivity contribution in [2.45, 2.75) is 369 Å². The quantitative estimate of drug-likeness (QED) is 0.0262. The van der Waals surface area contributed by atoms with E-state index >= 15 is 0 Å². The van der Waals surface area contributed by atoms with Gasteiger partial charge >= 0.3 is 0 Å². The minimum atomic E-state index is -1.97. The molecule has 0 saturated carbocycles. The lowest BCUT2D eigenvalue weighted by Gasteiger charge is -2.48. The Hall–Kier alpha value is -1.21. The van der Waals surface area contributed by atoms with Crippen molar-refractivity contribution >= 4 is 5.91 Å². The summed E-state index contributed by atoms with van der Waals surface area (Å²) in [4.78, 5) is 13.2. The van der Waals surface area contributed by atoms with Crippen LogP contribution in [-0.2, 0) is 33.2 Å². The highest BCUT2D eigenvalue weighted by atomic mass is 16.8. The van der Waals surface area contributed by atoms with Crippen LogP contribution in [0.25, 0.3) is 0 Å². The van der Waals surface area contributed by atoms with Crippen molar-refractivity contribution in [3.05, 3.63) is 0 Å². The number of aliphatic hydroxyl groups is 11. The van der Waals surface area contributed by atoms with Gasteiger partial charge in [0.2, 0.25) is 5.91 Å². The number of ether oxygens (including phenoxy) is 6. The van der Waals surface area contributed by atoms with Crippen LogP contribution in [0.2, 0.25) is 0 Å². The van der Waals surface area contributed by atoms with Crippen molar-refractivity contribution < 1.29 is 89.4 Å². The van der Waals surface area contributed by atoms with Crippen molar-refractivity contribution in [1.82, 2.24) is 5.32 Å². The van der Waals surface area contributed by atoms with Gasteiger partial charge in [-0.2, -0.15) is 0 Å². The maximum atomic E-state index is 13.2. The minimum absolute atomic E-state index is 0.244. The van der Waals surface area contributed by atoms with Crippen molar-refractivity contribution in [3.8, 4) is 0 Å². The van der Waals surface area contributed by atoms with Gasteiger partial charge < -0.3 is 89.9 Å². The Morgan fingerprint density at radius 3 is 1.06 bits per heavy atom. The Labute approximate surface area is 493 Å². The average Bonchev–Trinajstić information content (AvgIpc) is 3.65. The number of aliphatic hydroxyl groups excluding tert-OH is 11. The summed E-state index contributed by atoms with van der Waals surface area (Å²) < 4.78 is 34.3. The molecule has 0 spiro atoms. The summed E-state index contributed by atoms with van der Waals surface area (Å²) in [6.07, 6.45) is 21.0. The molecule has 3 rings (SSSR count). The fourth-order valence-corrected chi connectivity index (χ4v) is 11.7. The number of nitrogens with one attached hydrogen (secondary N) is 1. The second-order valence-corrected chi connectivity index (χ2v) is 24.3. The predicted molar refractivity (Wildman–Crippen MR) is 314 cm³/mol. The summed E-state index contributed by atoms with van der Waals surface area (Å²) in [6, 6.07) is -0.879. The molecular weight excluding hydrogens is 1060 g/mol. The molecule has 17 atom stereocenters. The molecular formula is C63H121NO18. The summed E-state index contributed by atoms with van der Waals surface area (Å²) in [5, 5.41) is 120. The zero-order valence-corrected chi connectivity index (χ0v) is 51.0. The van der Waals surface area contributed by atoms with E-state index in [-0.39, 0.29) is 18.9 Å². The van der Waals surface area contributed by atoms with E-state index in [1.165, 1.54) is 186 Å². The van der Waals surface area contributed by atoms with Crippen molar-refractivity contribution in [2.24, 2.45) is 0 Å². The van der Waals surface area contributed by atoms with Crippen LogP contribution in [-0.4, -0.2) is 193 Å². The number of hydrogen-bond donors (Lipinski definition) is 12. The van der Waals surface area contributed by atoms with Crippen LogP contribution in [0, 0.1) is 0 Å². The zero-order chi connectivity index (χ0) is 59.7. The molecule has 0 aromatic carbocycles. The molecule has 0 bridgehead atoms. The molecule has 3 heterocycles. The van der Waals surface area contributed by atoms with E-state index in [9.17, 15) is 61.0 Å². The van der Waals surface area contributed by atoms with Crippen LogP contribution in [0.1, 0.15) is 264 Å². The van der Waals surface area contributed by atoms with Gasteiger partial charge in [-0.15, -0.1) is 0 Å². The Balaban J connectivity index is 1.35. The zero-order valence-electron chi connectivity index (χ0n) is 51.0. The van der Waals surface area contributed by atoms with Crippen molar-refractivity contribution in [1.29, 1.82) is 0 Å². The maximum Gasteiger partial charge on any atom is 0.220 e. The van der Waals surface area contributed by atoms with Crippen LogP contribution in [0.4, 0.5) is 0 Å². The molecule has 0 aromatic heterocycles. The van der Waals surface area contributed by atoms with Gasteiger partial charge in [0.05, 0.1) is 38.6 Å². The molecule has 17 unspecified atom stereocenters. The lowest BCUT2D eigenvalue weighted by molar-refractivity contribution is -0.379. The smallest absolute Gasteiger partial charge is 0.220 e. The number of hydrogen-bond acceptors (Lipinski definition) is 18. The molecule has 3 aliphatic rings. The van der Waals surface area contributed by atoms with E-state index < -0.39 is 124 Å². The summed E-state index contributed by atoms with van der Waals surface area (Å²) in [5.41, 5.74) is 0. The molecule has 3 aliphatic heterocycles. The second-order valence-electron chi connectivity index (χ2n) is 24.3. The third-order valence-corrected chi connectivity index (χ3v) is 17.2. The highest BCUT2D eigenvalue weighted by Crippen LogP contribution is 2.33. The Morgan fingerprint density at radius 1 is 0.390 bits per heavy atom.